The maximum Gasteiger partial charge on any atom is 0.160 e. The summed E-state index contributed by atoms with van der Waals surface area (Å²) in [6, 6.07) is 1.51. The minimum Gasteiger partial charge on any atom is -0.487 e. The first-order chi connectivity index (χ1) is 13.6. The van der Waals surface area contributed by atoms with E-state index in [1.54, 1.807) is 6.92 Å². The van der Waals surface area contributed by atoms with Crippen LogP contribution in [-0.4, -0.2) is 40.1 Å². The summed E-state index contributed by atoms with van der Waals surface area (Å²) in [5, 5.41) is 23.1. The van der Waals surface area contributed by atoms with E-state index in [-0.39, 0.29) is 22.8 Å². The molecule has 29 heavy (non-hydrogen) atoms. The van der Waals surface area contributed by atoms with Crippen LogP contribution in [0.4, 0.5) is 0 Å². The molecule has 0 amide bonds. The molecule has 2 heterocycles. The molecule has 6 heteroatoms. The predicted octanol–water partition coefficient (Wildman–Crippen LogP) is 3.32. The second kappa shape index (κ2) is 6.41. The van der Waals surface area contributed by atoms with Crippen LogP contribution < -0.4 is 9.47 Å². The van der Waals surface area contributed by atoms with E-state index in [1.807, 2.05) is 20.8 Å². The maximum atomic E-state index is 12.0. The topological polar surface area (TPSA) is 93.1 Å². The third-order valence-electron chi connectivity index (χ3n) is 6.91. The highest BCUT2D eigenvalue weighted by atomic mass is 16.5. The van der Waals surface area contributed by atoms with Crippen LogP contribution in [0.15, 0.2) is 17.7 Å². The van der Waals surface area contributed by atoms with Crippen LogP contribution in [0.2, 0.25) is 0 Å². The highest BCUT2D eigenvalue weighted by molar-refractivity contribution is 5.95. The SMILES string of the molecule is CC(C)=CCC[C@]1(C)Oc2cc(C=O)c(C=O)c3c2[C@@]2(O)[C@@H](O3)[C@@](C)(O)CC[C@H]21. The average Bonchev–Trinajstić information content (AvgIpc) is 2.96. The van der Waals surface area contributed by atoms with Gasteiger partial charge in [-0.25, -0.2) is 0 Å². The van der Waals surface area contributed by atoms with Crippen LogP contribution in [0, 0.1) is 5.92 Å². The van der Waals surface area contributed by atoms with Gasteiger partial charge in [-0.05, 0) is 59.4 Å². The zero-order valence-electron chi connectivity index (χ0n) is 17.3. The zero-order chi connectivity index (χ0) is 21.2. The van der Waals surface area contributed by atoms with Crippen LogP contribution in [0.25, 0.3) is 0 Å². The molecule has 2 N–H and O–H groups in total. The van der Waals surface area contributed by atoms with E-state index in [9.17, 15) is 19.8 Å². The summed E-state index contributed by atoms with van der Waals surface area (Å²) >= 11 is 0. The molecule has 156 valence electrons. The fraction of sp³-hybridized carbons (Fsp3) is 0.565. The monoisotopic (exact) mass is 400 g/mol. The van der Waals surface area contributed by atoms with E-state index in [0.717, 1.165) is 6.42 Å². The molecule has 4 rings (SSSR count). The van der Waals surface area contributed by atoms with Crippen molar-refractivity contribution >= 4 is 12.6 Å². The van der Waals surface area contributed by atoms with Crippen LogP contribution >= 0.6 is 0 Å². The fourth-order valence-corrected chi connectivity index (χ4v) is 5.52. The van der Waals surface area contributed by atoms with Gasteiger partial charge < -0.3 is 19.7 Å². The van der Waals surface area contributed by atoms with Gasteiger partial charge in [-0.3, -0.25) is 9.59 Å². The Morgan fingerprint density at radius 1 is 1.24 bits per heavy atom. The van der Waals surface area contributed by atoms with Crippen molar-refractivity contribution in [3.63, 3.8) is 0 Å². The summed E-state index contributed by atoms with van der Waals surface area (Å²) in [6.07, 6.45) is 4.79. The van der Waals surface area contributed by atoms with Crippen molar-refractivity contribution in [1.29, 1.82) is 0 Å². The Morgan fingerprint density at radius 3 is 2.59 bits per heavy atom. The minimum atomic E-state index is -1.50. The van der Waals surface area contributed by atoms with Gasteiger partial charge in [0.1, 0.15) is 28.3 Å². The number of aliphatic hydroxyl groups is 2. The van der Waals surface area contributed by atoms with Gasteiger partial charge in [0.05, 0.1) is 11.1 Å². The van der Waals surface area contributed by atoms with E-state index in [0.29, 0.717) is 43.1 Å². The molecule has 0 radical (unpaired) electrons. The summed E-state index contributed by atoms with van der Waals surface area (Å²) in [4.78, 5) is 23.3. The van der Waals surface area contributed by atoms with Crippen molar-refractivity contribution in [2.45, 2.75) is 76.3 Å². The van der Waals surface area contributed by atoms with Gasteiger partial charge in [-0.2, -0.15) is 0 Å². The Morgan fingerprint density at radius 2 is 1.97 bits per heavy atom. The normalized spacial score (nSPS) is 36.5. The molecule has 0 saturated heterocycles. The molecule has 1 saturated carbocycles. The number of ether oxygens (including phenoxy) is 2. The lowest BCUT2D eigenvalue weighted by Gasteiger charge is -2.56. The predicted molar refractivity (Wildman–Crippen MR) is 107 cm³/mol. The van der Waals surface area contributed by atoms with E-state index >= 15 is 0 Å². The Hall–Kier alpha value is -2.18. The number of rotatable bonds is 5. The Labute approximate surface area is 170 Å². The number of carbonyl (C=O) groups is 2. The highest BCUT2D eigenvalue weighted by Gasteiger charge is 2.69. The minimum absolute atomic E-state index is 0.0906. The molecule has 3 aliphatic rings. The molecule has 5 atom stereocenters. The van der Waals surface area contributed by atoms with Crippen molar-refractivity contribution in [2.24, 2.45) is 5.92 Å². The molecular weight excluding hydrogens is 372 g/mol. The van der Waals surface area contributed by atoms with Crippen LogP contribution in [-0.2, 0) is 5.60 Å². The van der Waals surface area contributed by atoms with E-state index in [1.165, 1.54) is 11.6 Å². The summed E-state index contributed by atoms with van der Waals surface area (Å²) in [5.74, 6) is 0.193. The molecule has 2 aliphatic heterocycles. The van der Waals surface area contributed by atoms with Crippen LogP contribution in [0.5, 0.6) is 11.5 Å². The zero-order valence-corrected chi connectivity index (χ0v) is 17.3. The van der Waals surface area contributed by atoms with E-state index < -0.39 is 22.9 Å². The Kier molecular flexibility index (Phi) is 4.44. The first kappa shape index (κ1) is 20.1. The lowest BCUT2D eigenvalue weighted by molar-refractivity contribution is -0.235. The van der Waals surface area contributed by atoms with E-state index in [2.05, 4.69) is 6.08 Å². The standard InChI is InChI=1S/C23H28O6/c1-13(2)6-5-8-22(4)17-7-9-21(3,26)20-23(17,27)18-16(29-22)10-14(11-24)15(12-25)19(18)28-20/h6,10-12,17,20,26-27H,5,7-9H2,1-4H3/t17-,20-,21-,22-,23+/m0/s1. The van der Waals surface area contributed by atoms with Gasteiger partial charge in [0.2, 0.25) is 0 Å². The Bertz CT molecular complexity index is 912. The van der Waals surface area contributed by atoms with Gasteiger partial charge in [-0.1, -0.05) is 11.6 Å². The number of benzene rings is 1. The largest absolute Gasteiger partial charge is 0.487 e. The maximum absolute atomic E-state index is 12.0. The van der Waals surface area contributed by atoms with E-state index in [4.69, 9.17) is 9.47 Å². The smallest absolute Gasteiger partial charge is 0.160 e. The quantitative estimate of drug-likeness (QED) is 0.582. The first-order valence-corrected chi connectivity index (χ1v) is 10.1. The first-order valence-electron chi connectivity index (χ1n) is 10.1. The van der Waals surface area contributed by atoms with Crippen LogP contribution in [0.3, 0.4) is 0 Å². The molecule has 0 spiro atoms. The number of hydrogen-bond acceptors (Lipinski definition) is 6. The average molecular weight is 400 g/mol. The van der Waals surface area contributed by atoms with Gasteiger partial charge in [0, 0.05) is 11.5 Å². The highest BCUT2D eigenvalue weighted by Crippen LogP contribution is 2.64. The second-order valence-corrected chi connectivity index (χ2v) is 9.32. The van der Waals surface area contributed by atoms with Crippen molar-refractivity contribution in [1.82, 2.24) is 0 Å². The number of allylic oxidation sites excluding steroid dienone is 2. The van der Waals surface area contributed by atoms with Gasteiger partial charge in [0.25, 0.3) is 0 Å². The summed E-state index contributed by atoms with van der Waals surface area (Å²) < 4.78 is 12.5. The van der Waals surface area contributed by atoms with Gasteiger partial charge >= 0.3 is 0 Å². The number of carbonyl (C=O) groups excluding carboxylic acids is 2. The van der Waals surface area contributed by atoms with Crippen molar-refractivity contribution in [3.05, 3.63) is 34.4 Å². The second-order valence-electron chi connectivity index (χ2n) is 9.32. The van der Waals surface area contributed by atoms with Gasteiger partial charge in [0.15, 0.2) is 18.7 Å². The third-order valence-corrected chi connectivity index (χ3v) is 6.91. The van der Waals surface area contributed by atoms with Crippen molar-refractivity contribution in [2.75, 3.05) is 0 Å². The molecule has 1 aromatic rings. The number of aldehydes is 2. The lowest BCUT2D eigenvalue weighted by Crippen LogP contribution is -2.67. The summed E-state index contributed by atoms with van der Waals surface area (Å²) in [7, 11) is 0. The molecule has 0 bridgehead atoms. The molecule has 1 fully saturated rings. The molecule has 1 aromatic carbocycles. The molecular formula is C23H28O6. The third kappa shape index (κ3) is 2.69. The molecule has 0 unspecified atom stereocenters. The van der Waals surface area contributed by atoms with Crippen LogP contribution in [0.1, 0.15) is 79.7 Å². The lowest BCUT2D eigenvalue weighted by atomic mass is 9.58. The summed E-state index contributed by atoms with van der Waals surface area (Å²) in [5.41, 5.74) is -1.65. The van der Waals surface area contributed by atoms with Crippen molar-refractivity contribution < 1.29 is 29.3 Å². The number of hydrogen-bond donors (Lipinski definition) is 2. The van der Waals surface area contributed by atoms with Crippen molar-refractivity contribution in [3.8, 4) is 11.5 Å². The Balaban J connectivity index is 1.92. The molecule has 1 aliphatic carbocycles. The molecule has 6 nitrogen and oxygen atoms in total. The summed E-state index contributed by atoms with van der Waals surface area (Å²) in [6.45, 7) is 7.69. The fourth-order valence-electron chi connectivity index (χ4n) is 5.52. The van der Waals surface area contributed by atoms with Gasteiger partial charge in [-0.15, -0.1) is 0 Å². The molecule has 0 aromatic heterocycles.